The average Bonchev–Trinajstić information content (AvgIpc) is 2.44. The van der Waals surface area contributed by atoms with Crippen molar-refractivity contribution in [1.29, 1.82) is 0 Å². The van der Waals surface area contributed by atoms with Crippen molar-refractivity contribution in [3.63, 3.8) is 0 Å². The number of hydrogen-bond donors (Lipinski definition) is 1. The molecule has 3 nitrogen and oxygen atoms in total. The lowest BCUT2D eigenvalue weighted by Crippen LogP contribution is -2.23. The van der Waals surface area contributed by atoms with E-state index in [1.165, 1.54) is 11.1 Å². The third-order valence-corrected chi connectivity index (χ3v) is 3.92. The first-order valence-corrected chi connectivity index (χ1v) is 7.26. The molecule has 1 unspecified atom stereocenters. The Kier molecular flexibility index (Phi) is 5.05. The molecule has 1 aromatic heterocycles. The summed E-state index contributed by atoms with van der Waals surface area (Å²) >= 11 is 3.54. The standard InChI is InChI=1S/C15H18BrN3/c1-3-6-19-15(13-8-17-10-18-9-13)12-4-5-14(16)11(2)7-12/h4-5,7-10,15,19H,3,6H2,1-2H3. The Bertz CT molecular complexity index is 528. The fourth-order valence-corrected chi connectivity index (χ4v) is 2.27. The first kappa shape index (κ1) is 14.2. The Balaban J connectivity index is 2.34. The minimum atomic E-state index is 0.146. The largest absolute Gasteiger partial charge is 0.306 e. The van der Waals surface area contributed by atoms with Gasteiger partial charge in [-0.05, 0) is 37.1 Å². The van der Waals surface area contributed by atoms with Crippen molar-refractivity contribution < 1.29 is 0 Å². The van der Waals surface area contributed by atoms with E-state index in [1.807, 2.05) is 12.4 Å². The van der Waals surface area contributed by atoms with Crippen molar-refractivity contribution in [2.45, 2.75) is 26.3 Å². The van der Waals surface area contributed by atoms with E-state index in [2.05, 4.69) is 63.3 Å². The number of nitrogens with one attached hydrogen (secondary N) is 1. The molecule has 0 amide bonds. The molecule has 100 valence electrons. The van der Waals surface area contributed by atoms with E-state index in [1.54, 1.807) is 6.33 Å². The predicted octanol–water partition coefficient (Wildman–Crippen LogP) is 3.64. The Morgan fingerprint density at radius 3 is 2.58 bits per heavy atom. The third kappa shape index (κ3) is 3.61. The van der Waals surface area contributed by atoms with Crippen LogP contribution in [0.1, 0.15) is 36.1 Å². The fourth-order valence-electron chi connectivity index (χ4n) is 2.02. The average molecular weight is 320 g/mol. The summed E-state index contributed by atoms with van der Waals surface area (Å²) in [5, 5.41) is 3.55. The number of halogens is 1. The normalized spacial score (nSPS) is 12.4. The number of aromatic nitrogens is 2. The van der Waals surface area contributed by atoms with Gasteiger partial charge in [0.1, 0.15) is 6.33 Å². The van der Waals surface area contributed by atoms with E-state index in [0.717, 1.165) is 23.0 Å². The number of rotatable bonds is 5. The smallest absolute Gasteiger partial charge is 0.115 e. The highest BCUT2D eigenvalue weighted by atomic mass is 79.9. The highest BCUT2D eigenvalue weighted by molar-refractivity contribution is 9.10. The summed E-state index contributed by atoms with van der Waals surface area (Å²) in [5.74, 6) is 0. The predicted molar refractivity (Wildman–Crippen MR) is 81.0 cm³/mol. The van der Waals surface area contributed by atoms with Gasteiger partial charge in [-0.3, -0.25) is 0 Å². The summed E-state index contributed by atoms with van der Waals surface area (Å²) in [6.07, 6.45) is 6.41. The Morgan fingerprint density at radius 1 is 1.21 bits per heavy atom. The molecule has 0 aliphatic rings. The van der Waals surface area contributed by atoms with E-state index >= 15 is 0 Å². The van der Waals surface area contributed by atoms with E-state index < -0.39 is 0 Å². The first-order valence-electron chi connectivity index (χ1n) is 6.46. The molecule has 1 heterocycles. The molecule has 0 bridgehead atoms. The Labute approximate surface area is 122 Å². The second-order valence-corrected chi connectivity index (χ2v) is 5.42. The molecule has 2 aromatic rings. The van der Waals surface area contributed by atoms with Crippen LogP contribution in [0.3, 0.4) is 0 Å². The summed E-state index contributed by atoms with van der Waals surface area (Å²) in [7, 11) is 0. The lowest BCUT2D eigenvalue weighted by atomic mass is 9.99. The zero-order valence-corrected chi connectivity index (χ0v) is 12.8. The second kappa shape index (κ2) is 6.78. The third-order valence-electron chi connectivity index (χ3n) is 3.03. The van der Waals surface area contributed by atoms with Crippen LogP contribution in [0.15, 0.2) is 41.4 Å². The number of benzene rings is 1. The van der Waals surface area contributed by atoms with Crippen LogP contribution in [0.25, 0.3) is 0 Å². The maximum absolute atomic E-state index is 4.12. The quantitative estimate of drug-likeness (QED) is 0.914. The van der Waals surface area contributed by atoms with Gasteiger partial charge in [-0.1, -0.05) is 35.0 Å². The molecule has 0 aliphatic carbocycles. The second-order valence-electron chi connectivity index (χ2n) is 4.57. The van der Waals surface area contributed by atoms with Crippen molar-refractivity contribution >= 4 is 15.9 Å². The Hall–Kier alpha value is -1.26. The summed E-state index contributed by atoms with van der Waals surface area (Å²) < 4.78 is 1.13. The molecule has 4 heteroatoms. The van der Waals surface area contributed by atoms with Gasteiger partial charge in [0.15, 0.2) is 0 Å². The monoisotopic (exact) mass is 319 g/mol. The molecule has 1 N–H and O–H groups in total. The van der Waals surface area contributed by atoms with Gasteiger partial charge in [0.25, 0.3) is 0 Å². The zero-order valence-electron chi connectivity index (χ0n) is 11.2. The maximum Gasteiger partial charge on any atom is 0.115 e. The topological polar surface area (TPSA) is 37.8 Å². The number of aryl methyl sites for hydroxylation is 1. The van der Waals surface area contributed by atoms with E-state index in [0.29, 0.717) is 0 Å². The van der Waals surface area contributed by atoms with Gasteiger partial charge in [-0.15, -0.1) is 0 Å². The molecule has 0 saturated heterocycles. The van der Waals surface area contributed by atoms with Crippen LogP contribution in [0.2, 0.25) is 0 Å². The molecule has 0 spiro atoms. The summed E-state index contributed by atoms with van der Waals surface area (Å²) in [4.78, 5) is 8.24. The van der Waals surface area contributed by atoms with Gasteiger partial charge in [0.2, 0.25) is 0 Å². The highest BCUT2D eigenvalue weighted by Crippen LogP contribution is 2.25. The maximum atomic E-state index is 4.12. The van der Waals surface area contributed by atoms with E-state index in [4.69, 9.17) is 0 Å². The summed E-state index contributed by atoms with van der Waals surface area (Å²) in [6, 6.07) is 6.57. The van der Waals surface area contributed by atoms with Crippen LogP contribution < -0.4 is 5.32 Å². The SMILES string of the molecule is CCCNC(c1cncnc1)c1ccc(Br)c(C)c1. The van der Waals surface area contributed by atoms with Gasteiger partial charge < -0.3 is 5.32 Å². The zero-order chi connectivity index (χ0) is 13.7. The van der Waals surface area contributed by atoms with Crippen LogP contribution in [0.4, 0.5) is 0 Å². The van der Waals surface area contributed by atoms with Crippen molar-refractivity contribution in [3.05, 3.63) is 58.1 Å². The molecule has 19 heavy (non-hydrogen) atoms. The minimum Gasteiger partial charge on any atom is -0.306 e. The van der Waals surface area contributed by atoms with Crippen molar-refractivity contribution in [3.8, 4) is 0 Å². The van der Waals surface area contributed by atoms with Crippen LogP contribution in [0, 0.1) is 6.92 Å². The van der Waals surface area contributed by atoms with Gasteiger partial charge in [-0.2, -0.15) is 0 Å². The number of hydrogen-bond acceptors (Lipinski definition) is 3. The molecule has 1 atom stereocenters. The molecular formula is C15H18BrN3. The van der Waals surface area contributed by atoms with E-state index in [9.17, 15) is 0 Å². The molecule has 1 aromatic carbocycles. The first-order chi connectivity index (χ1) is 9.22. The summed E-state index contributed by atoms with van der Waals surface area (Å²) in [5.41, 5.74) is 3.57. The molecule has 0 fully saturated rings. The molecule has 2 rings (SSSR count). The molecule has 0 aliphatic heterocycles. The van der Waals surface area contributed by atoms with Gasteiger partial charge in [0, 0.05) is 22.4 Å². The summed E-state index contributed by atoms with van der Waals surface area (Å²) in [6.45, 7) is 5.24. The van der Waals surface area contributed by atoms with Crippen LogP contribution in [0.5, 0.6) is 0 Å². The van der Waals surface area contributed by atoms with Gasteiger partial charge in [0.05, 0.1) is 6.04 Å². The molecular weight excluding hydrogens is 302 g/mol. The van der Waals surface area contributed by atoms with Crippen molar-refractivity contribution in [2.24, 2.45) is 0 Å². The fraction of sp³-hybridized carbons (Fsp3) is 0.333. The van der Waals surface area contributed by atoms with Crippen LogP contribution in [-0.4, -0.2) is 16.5 Å². The lowest BCUT2D eigenvalue weighted by molar-refractivity contribution is 0.594. The van der Waals surface area contributed by atoms with Gasteiger partial charge >= 0.3 is 0 Å². The van der Waals surface area contributed by atoms with Crippen molar-refractivity contribution in [1.82, 2.24) is 15.3 Å². The lowest BCUT2D eigenvalue weighted by Gasteiger charge is -2.19. The minimum absolute atomic E-state index is 0.146. The Morgan fingerprint density at radius 2 is 1.95 bits per heavy atom. The van der Waals surface area contributed by atoms with Gasteiger partial charge in [-0.25, -0.2) is 9.97 Å². The highest BCUT2D eigenvalue weighted by Gasteiger charge is 2.14. The van der Waals surface area contributed by atoms with Crippen LogP contribution >= 0.6 is 15.9 Å². The molecule has 0 radical (unpaired) electrons. The van der Waals surface area contributed by atoms with Crippen LogP contribution in [-0.2, 0) is 0 Å². The number of nitrogens with zero attached hydrogens (tertiary/aromatic N) is 2. The van der Waals surface area contributed by atoms with E-state index in [-0.39, 0.29) is 6.04 Å². The molecule has 0 saturated carbocycles. The van der Waals surface area contributed by atoms with Crippen molar-refractivity contribution in [2.75, 3.05) is 6.54 Å².